The van der Waals surface area contributed by atoms with Crippen molar-refractivity contribution in [3.63, 3.8) is 0 Å². The second-order valence-corrected chi connectivity index (χ2v) is 6.54. The number of ether oxygens (including phenoxy) is 1. The number of anilines is 1. The standard InChI is InChI=1S/C18H12ClNO4S/c1-24-17(22)12-7-5-11(6-8-12)9-15-16(21)20(18(23)25-15)14-4-2-3-13(19)10-14/h2-10H,1H3. The molecular formula is C18H12ClNO4S. The Labute approximate surface area is 153 Å². The summed E-state index contributed by atoms with van der Waals surface area (Å²) in [4.78, 5) is 37.6. The first-order chi connectivity index (χ1) is 12.0. The number of esters is 1. The second-order valence-electron chi connectivity index (χ2n) is 5.11. The number of thioether (sulfide) groups is 1. The van der Waals surface area contributed by atoms with Gasteiger partial charge in [0.15, 0.2) is 0 Å². The molecule has 0 aromatic heterocycles. The van der Waals surface area contributed by atoms with Crippen LogP contribution in [-0.2, 0) is 9.53 Å². The van der Waals surface area contributed by atoms with E-state index in [0.29, 0.717) is 26.7 Å². The van der Waals surface area contributed by atoms with E-state index in [0.717, 1.165) is 16.7 Å². The summed E-state index contributed by atoms with van der Waals surface area (Å²) in [7, 11) is 1.31. The summed E-state index contributed by atoms with van der Waals surface area (Å²) in [5.74, 6) is -0.845. The fourth-order valence-electron chi connectivity index (χ4n) is 2.29. The highest BCUT2D eigenvalue weighted by atomic mass is 35.5. The van der Waals surface area contributed by atoms with E-state index < -0.39 is 11.9 Å². The maximum absolute atomic E-state index is 12.6. The summed E-state index contributed by atoms with van der Waals surface area (Å²) in [5, 5.41) is 0.0589. The predicted octanol–water partition coefficient (Wildman–Crippen LogP) is 4.37. The van der Waals surface area contributed by atoms with E-state index in [1.54, 1.807) is 54.6 Å². The van der Waals surface area contributed by atoms with Crippen LogP contribution in [0.1, 0.15) is 15.9 Å². The normalized spacial score (nSPS) is 15.8. The highest BCUT2D eigenvalue weighted by Crippen LogP contribution is 2.36. The molecule has 1 aliphatic heterocycles. The van der Waals surface area contributed by atoms with Crippen molar-refractivity contribution in [2.45, 2.75) is 0 Å². The Morgan fingerprint density at radius 2 is 1.88 bits per heavy atom. The lowest BCUT2D eigenvalue weighted by molar-refractivity contribution is -0.113. The van der Waals surface area contributed by atoms with Crippen LogP contribution in [0.25, 0.3) is 6.08 Å². The summed E-state index contributed by atoms with van der Waals surface area (Å²) in [6.07, 6.45) is 1.61. The van der Waals surface area contributed by atoms with E-state index in [9.17, 15) is 14.4 Å². The molecular weight excluding hydrogens is 362 g/mol. The molecule has 2 aromatic rings. The van der Waals surface area contributed by atoms with Crippen LogP contribution in [0.2, 0.25) is 5.02 Å². The van der Waals surface area contributed by atoms with Crippen molar-refractivity contribution >= 4 is 52.2 Å². The first-order valence-electron chi connectivity index (χ1n) is 7.21. The van der Waals surface area contributed by atoms with Gasteiger partial charge in [0.2, 0.25) is 0 Å². The molecule has 0 aliphatic carbocycles. The molecule has 0 radical (unpaired) electrons. The molecule has 0 saturated carbocycles. The number of rotatable bonds is 3. The molecule has 3 rings (SSSR count). The molecule has 0 spiro atoms. The van der Waals surface area contributed by atoms with Crippen molar-refractivity contribution in [2.24, 2.45) is 0 Å². The number of carbonyl (C=O) groups is 3. The van der Waals surface area contributed by atoms with E-state index in [2.05, 4.69) is 4.74 Å². The van der Waals surface area contributed by atoms with Crippen LogP contribution in [0.5, 0.6) is 0 Å². The van der Waals surface area contributed by atoms with E-state index in [-0.39, 0.29) is 5.24 Å². The van der Waals surface area contributed by atoms with Crippen LogP contribution in [0.15, 0.2) is 53.4 Å². The van der Waals surface area contributed by atoms with Gasteiger partial charge in [0.25, 0.3) is 11.1 Å². The maximum Gasteiger partial charge on any atom is 0.337 e. The van der Waals surface area contributed by atoms with Crippen molar-refractivity contribution in [1.29, 1.82) is 0 Å². The Kier molecular flexibility index (Phi) is 4.92. The first kappa shape index (κ1) is 17.3. The Morgan fingerprint density at radius 1 is 1.16 bits per heavy atom. The molecule has 1 fully saturated rings. The van der Waals surface area contributed by atoms with Crippen LogP contribution in [0, 0.1) is 0 Å². The Hall–Kier alpha value is -2.57. The maximum atomic E-state index is 12.6. The van der Waals surface area contributed by atoms with Gasteiger partial charge in [-0.05, 0) is 53.7 Å². The predicted molar refractivity (Wildman–Crippen MR) is 97.7 cm³/mol. The molecule has 5 nitrogen and oxygen atoms in total. The van der Waals surface area contributed by atoms with Gasteiger partial charge in [-0.1, -0.05) is 29.8 Å². The average molecular weight is 374 g/mol. The molecule has 0 unspecified atom stereocenters. The largest absolute Gasteiger partial charge is 0.465 e. The van der Waals surface area contributed by atoms with Gasteiger partial charge in [0.1, 0.15) is 0 Å². The smallest absolute Gasteiger partial charge is 0.337 e. The number of amides is 2. The zero-order valence-electron chi connectivity index (χ0n) is 13.1. The van der Waals surface area contributed by atoms with Gasteiger partial charge in [-0.2, -0.15) is 0 Å². The molecule has 25 heavy (non-hydrogen) atoms. The topological polar surface area (TPSA) is 63.7 Å². The summed E-state index contributed by atoms with van der Waals surface area (Å²) in [6.45, 7) is 0. The molecule has 1 aliphatic rings. The lowest BCUT2D eigenvalue weighted by Crippen LogP contribution is -2.27. The Bertz CT molecular complexity index is 892. The van der Waals surface area contributed by atoms with Crippen molar-refractivity contribution in [3.8, 4) is 0 Å². The minimum absolute atomic E-state index is 0.302. The van der Waals surface area contributed by atoms with Gasteiger partial charge in [0.05, 0.1) is 23.3 Å². The van der Waals surface area contributed by atoms with Gasteiger partial charge >= 0.3 is 5.97 Å². The Balaban J connectivity index is 1.86. The van der Waals surface area contributed by atoms with Gasteiger partial charge in [-0.15, -0.1) is 0 Å². The Morgan fingerprint density at radius 3 is 2.52 bits per heavy atom. The molecule has 126 valence electrons. The van der Waals surface area contributed by atoms with Crippen LogP contribution >= 0.6 is 23.4 Å². The van der Waals surface area contributed by atoms with E-state index in [4.69, 9.17) is 11.6 Å². The van der Waals surface area contributed by atoms with Crippen LogP contribution in [0.4, 0.5) is 10.5 Å². The van der Waals surface area contributed by atoms with Crippen LogP contribution < -0.4 is 4.90 Å². The van der Waals surface area contributed by atoms with Crippen LogP contribution in [-0.4, -0.2) is 24.2 Å². The van der Waals surface area contributed by atoms with Crippen molar-refractivity contribution in [1.82, 2.24) is 0 Å². The molecule has 0 bridgehead atoms. The van der Waals surface area contributed by atoms with Crippen molar-refractivity contribution in [2.75, 3.05) is 12.0 Å². The summed E-state index contributed by atoms with van der Waals surface area (Å²) < 4.78 is 4.64. The number of methoxy groups -OCH3 is 1. The lowest BCUT2D eigenvalue weighted by atomic mass is 10.1. The van der Waals surface area contributed by atoms with Gasteiger partial charge in [-0.3, -0.25) is 9.59 Å². The van der Waals surface area contributed by atoms with E-state index in [1.807, 2.05) is 0 Å². The molecule has 1 heterocycles. The number of imide groups is 1. The van der Waals surface area contributed by atoms with Gasteiger partial charge in [0, 0.05) is 5.02 Å². The third-order valence-corrected chi connectivity index (χ3v) is 4.59. The molecule has 1 saturated heterocycles. The average Bonchev–Trinajstić information content (AvgIpc) is 2.88. The summed E-state index contributed by atoms with van der Waals surface area (Å²) in [6, 6.07) is 13.1. The molecule has 0 N–H and O–H groups in total. The van der Waals surface area contributed by atoms with E-state index >= 15 is 0 Å². The monoisotopic (exact) mass is 373 g/mol. The third kappa shape index (κ3) is 3.60. The summed E-state index contributed by atoms with van der Waals surface area (Å²) in [5.41, 5.74) is 1.54. The molecule has 2 aromatic carbocycles. The number of carbonyl (C=O) groups excluding carboxylic acids is 3. The number of halogens is 1. The van der Waals surface area contributed by atoms with Crippen molar-refractivity contribution < 1.29 is 19.1 Å². The van der Waals surface area contributed by atoms with Gasteiger partial charge in [-0.25, -0.2) is 9.69 Å². The minimum Gasteiger partial charge on any atom is -0.465 e. The number of hydrogen-bond acceptors (Lipinski definition) is 5. The quantitative estimate of drug-likeness (QED) is 0.590. The third-order valence-electron chi connectivity index (χ3n) is 3.49. The number of hydrogen-bond donors (Lipinski definition) is 0. The zero-order valence-corrected chi connectivity index (χ0v) is 14.6. The van der Waals surface area contributed by atoms with Gasteiger partial charge < -0.3 is 4.74 Å². The second kappa shape index (κ2) is 7.13. The van der Waals surface area contributed by atoms with Crippen LogP contribution in [0.3, 0.4) is 0 Å². The number of benzene rings is 2. The SMILES string of the molecule is COC(=O)c1ccc(C=C2SC(=O)N(c3cccc(Cl)c3)C2=O)cc1. The highest BCUT2D eigenvalue weighted by Gasteiger charge is 2.36. The van der Waals surface area contributed by atoms with E-state index in [1.165, 1.54) is 7.11 Å². The minimum atomic E-state index is -0.437. The fourth-order valence-corrected chi connectivity index (χ4v) is 3.32. The fraction of sp³-hybridized carbons (Fsp3) is 0.0556. The lowest BCUT2D eigenvalue weighted by Gasteiger charge is -2.12. The summed E-state index contributed by atoms with van der Waals surface area (Å²) >= 11 is 6.78. The first-order valence-corrected chi connectivity index (χ1v) is 8.41. The zero-order chi connectivity index (χ0) is 18.0. The number of nitrogens with zero attached hydrogens (tertiary/aromatic N) is 1. The molecule has 7 heteroatoms. The molecule has 0 atom stereocenters. The van der Waals surface area contributed by atoms with Crippen molar-refractivity contribution in [3.05, 3.63) is 69.6 Å². The highest BCUT2D eigenvalue weighted by molar-refractivity contribution is 8.19. The molecule has 2 amide bonds.